The number of halogens is 2. The van der Waals surface area contributed by atoms with Crippen molar-refractivity contribution in [2.24, 2.45) is 0 Å². The van der Waals surface area contributed by atoms with Crippen LogP contribution in [0.2, 0.25) is 10.0 Å². The Morgan fingerprint density at radius 1 is 1.18 bits per heavy atom. The number of rotatable bonds is 4. The molecule has 0 fully saturated rings. The van der Waals surface area contributed by atoms with Gasteiger partial charge in [-0.05, 0) is 30.3 Å². The van der Waals surface area contributed by atoms with Crippen LogP contribution in [0.4, 0.5) is 5.69 Å². The van der Waals surface area contributed by atoms with E-state index >= 15 is 0 Å². The smallest absolute Gasteiger partial charge is 0.255 e. The third-order valence-electron chi connectivity index (χ3n) is 2.78. The van der Waals surface area contributed by atoms with Gasteiger partial charge in [-0.1, -0.05) is 23.2 Å². The zero-order chi connectivity index (χ0) is 16.1. The van der Waals surface area contributed by atoms with E-state index in [-0.39, 0.29) is 18.4 Å². The van der Waals surface area contributed by atoms with Crippen LogP contribution < -0.4 is 10.6 Å². The van der Waals surface area contributed by atoms with Crippen LogP contribution in [0.3, 0.4) is 0 Å². The van der Waals surface area contributed by atoms with Crippen molar-refractivity contribution in [2.45, 2.75) is 13.5 Å². The van der Waals surface area contributed by atoms with Crippen molar-refractivity contribution in [1.29, 1.82) is 0 Å². The van der Waals surface area contributed by atoms with Gasteiger partial charge in [0.05, 0.1) is 22.9 Å². The lowest BCUT2D eigenvalue weighted by Crippen LogP contribution is -2.20. The molecule has 5 nitrogen and oxygen atoms in total. The molecule has 114 valence electrons. The van der Waals surface area contributed by atoms with Crippen molar-refractivity contribution in [3.05, 3.63) is 57.8 Å². The summed E-state index contributed by atoms with van der Waals surface area (Å²) in [6, 6.07) is 8.00. The van der Waals surface area contributed by atoms with Crippen molar-refractivity contribution in [1.82, 2.24) is 10.3 Å². The van der Waals surface area contributed by atoms with Crippen molar-refractivity contribution >= 4 is 40.7 Å². The zero-order valence-corrected chi connectivity index (χ0v) is 13.2. The summed E-state index contributed by atoms with van der Waals surface area (Å²) in [7, 11) is 0. The van der Waals surface area contributed by atoms with Gasteiger partial charge < -0.3 is 10.6 Å². The highest BCUT2D eigenvalue weighted by atomic mass is 35.5. The first kappa shape index (κ1) is 16.3. The maximum Gasteiger partial charge on any atom is 0.255 e. The molecule has 2 aromatic rings. The van der Waals surface area contributed by atoms with Crippen LogP contribution in [0.25, 0.3) is 0 Å². The fourth-order valence-electron chi connectivity index (χ4n) is 1.72. The van der Waals surface area contributed by atoms with E-state index in [1.807, 2.05) is 0 Å². The van der Waals surface area contributed by atoms with Crippen LogP contribution in [-0.4, -0.2) is 16.8 Å². The first-order valence-corrected chi connectivity index (χ1v) is 7.17. The minimum atomic E-state index is -0.323. The van der Waals surface area contributed by atoms with Gasteiger partial charge in [0.2, 0.25) is 5.91 Å². The zero-order valence-electron chi connectivity index (χ0n) is 11.7. The minimum Gasteiger partial charge on any atom is -0.351 e. The Bertz CT molecular complexity index is 720. The molecule has 0 spiro atoms. The van der Waals surface area contributed by atoms with Crippen molar-refractivity contribution < 1.29 is 9.59 Å². The molecule has 7 heteroatoms. The molecule has 0 radical (unpaired) electrons. The molecule has 1 aromatic heterocycles. The Hall–Kier alpha value is -2.11. The number of anilines is 1. The fraction of sp³-hybridized carbons (Fsp3) is 0.133. The molecule has 0 bridgehead atoms. The fourth-order valence-corrected chi connectivity index (χ4v) is 2.17. The summed E-state index contributed by atoms with van der Waals surface area (Å²) in [4.78, 5) is 27.2. The largest absolute Gasteiger partial charge is 0.351 e. The molecule has 1 heterocycles. The van der Waals surface area contributed by atoms with E-state index in [9.17, 15) is 9.59 Å². The Morgan fingerprint density at radius 3 is 2.64 bits per heavy atom. The Balaban J connectivity index is 2.12. The number of amides is 2. The van der Waals surface area contributed by atoms with Crippen LogP contribution in [0.15, 0.2) is 36.5 Å². The van der Waals surface area contributed by atoms with E-state index in [4.69, 9.17) is 23.2 Å². The summed E-state index contributed by atoms with van der Waals surface area (Å²) in [6.45, 7) is 1.68. The van der Waals surface area contributed by atoms with Crippen LogP contribution >= 0.6 is 23.2 Å². The molecule has 2 rings (SSSR count). The maximum absolute atomic E-state index is 12.2. The van der Waals surface area contributed by atoms with E-state index in [0.29, 0.717) is 27.0 Å². The number of nitrogens with zero attached hydrogens (tertiary/aromatic N) is 1. The highest BCUT2D eigenvalue weighted by Gasteiger charge is 2.10. The summed E-state index contributed by atoms with van der Waals surface area (Å²) in [5.41, 5.74) is 1.47. The summed E-state index contributed by atoms with van der Waals surface area (Å²) < 4.78 is 0. The minimum absolute atomic E-state index is 0.162. The Morgan fingerprint density at radius 2 is 1.95 bits per heavy atom. The predicted octanol–water partition coefficient (Wildman–Crippen LogP) is 3.28. The third-order valence-corrected chi connectivity index (χ3v) is 3.32. The van der Waals surface area contributed by atoms with Gasteiger partial charge >= 0.3 is 0 Å². The normalized spacial score (nSPS) is 10.1. The molecule has 0 unspecified atom stereocenters. The molecule has 0 saturated heterocycles. The molecular formula is C15H13Cl2N3O2. The van der Waals surface area contributed by atoms with Crippen LogP contribution in [0.5, 0.6) is 0 Å². The number of carbonyl (C=O) groups excluding carboxylic acids is 2. The highest BCUT2D eigenvalue weighted by molar-refractivity contribution is 6.36. The van der Waals surface area contributed by atoms with E-state index in [1.54, 1.807) is 30.3 Å². The molecule has 22 heavy (non-hydrogen) atoms. The van der Waals surface area contributed by atoms with E-state index < -0.39 is 0 Å². The lowest BCUT2D eigenvalue weighted by atomic mass is 10.2. The number of aromatic nitrogens is 1. The average molecular weight is 338 g/mol. The van der Waals surface area contributed by atoms with Gasteiger partial charge in [-0.2, -0.15) is 0 Å². The molecule has 2 amide bonds. The van der Waals surface area contributed by atoms with Gasteiger partial charge in [0, 0.05) is 23.7 Å². The highest BCUT2D eigenvalue weighted by Crippen LogP contribution is 2.25. The first-order valence-electron chi connectivity index (χ1n) is 6.41. The van der Waals surface area contributed by atoms with Gasteiger partial charge in [0.25, 0.3) is 5.91 Å². The summed E-state index contributed by atoms with van der Waals surface area (Å²) >= 11 is 11.8. The molecule has 0 aliphatic heterocycles. The van der Waals surface area contributed by atoms with Gasteiger partial charge in [0.15, 0.2) is 0 Å². The summed E-state index contributed by atoms with van der Waals surface area (Å²) in [5.74, 6) is -0.486. The molecule has 0 saturated carbocycles. The molecule has 0 aliphatic carbocycles. The van der Waals surface area contributed by atoms with Crippen LogP contribution in [0, 0.1) is 0 Å². The second-order valence-corrected chi connectivity index (χ2v) is 5.37. The number of carbonyl (C=O) groups is 2. The molecule has 1 aromatic carbocycles. The van der Waals surface area contributed by atoms with Crippen molar-refractivity contribution in [3.8, 4) is 0 Å². The number of hydrogen-bond donors (Lipinski definition) is 2. The quantitative estimate of drug-likeness (QED) is 0.899. The Labute approximate surface area is 137 Å². The van der Waals surface area contributed by atoms with Crippen molar-refractivity contribution in [3.63, 3.8) is 0 Å². The second kappa shape index (κ2) is 7.24. The lowest BCUT2D eigenvalue weighted by molar-refractivity contribution is -0.119. The first-order chi connectivity index (χ1) is 10.5. The monoisotopic (exact) mass is 337 g/mol. The van der Waals surface area contributed by atoms with Crippen LogP contribution in [-0.2, 0) is 11.3 Å². The number of hydrogen-bond acceptors (Lipinski definition) is 3. The average Bonchev–Trinajstić information content (AvgIpc) is 2.48. The van der Waals surface area contributed by atoms with Gasteiger partial charge in [-0.3, -0.25) is 14.6 Å². The van der Waals surface area contributed by atoms with Crippen LogP contribution in [0.1, 0.15) is 23.0 Å². The molecule has 2 N–H and O–H groups in total. The topological polar surface area (TPSA) is 71.1 Å². The lowest BCUT2D eigenvalue weighted by Gasteiger charge is -2.08. The number of benzene rings is 1. The Kier molecular flexibility index (Phi) is 5.35. The number of nitrogens with one attached hydrogen (secondary N) is 2. The second-order valence-electron chi connectivity index (χ2n) is 4.52. The number of pyridine rings is 1. The third kappa shape index (κ3) is 4.44. The van der Waals surface area contributed by atoms with Gasteiger partial charge in [-0.15, -0.1) is 0 Å². The van der Waals surface area contributed by atoms with Gasteiger partial charge in [-0.25, -0.2) is 0 Å². The van der Waals surface area contributed by atoms with E-state index in [1.165, 1.54) is 13.1 Å². The maximum atomic E-state index is 12.2. The molecular weight excluding hydrogens is 325 g/mol. The molecule has 0 atom stereocenters. The summed E-state index contributed by atoms with van der Waals surface area (Å²) in [5, 5.41) is 6.17. The van der Waals surface area contributed by atoms with Crippen molar-refractivity contribution in [2.75, 3.05) is 5.32 Å². The molecule has 0 aliphatic rings. The van der Waals surface area contributed by atoms with E-state index in [0.717, 1.165) is 0 Å². The standard InChI is InChI=1S/C15H13Cl2N3O2/c1-9(21)19-8-12-6-10(4-5-18-12)15(22)20-14-3-2-11(16)7-13(14)17/h2-7H,8H2,1H3,(H,19,21)(H,20,22). The van der Waals surface area contributed by atoms with Gasteiger partial charge in [0.1, 0.15) is 0 Å². The predicted molar refractivity (Wildman–Crippen MR) is 86.2 cm³/mol. The SMILES string of the molecule is CC(=O)NCc1cc(C(=O)Nc2ccc(Cl)cc2Cl)ccn1. The summed E-state index contributed by atoms with van der Waals surface area (Å²) in [6.07, 6.45) is 1.51. The van der Waals surface area contributed by atoms with E-state index in [2.05, 4.69) is 15.6 Å².